The lowest BCUT2D eigenvalue weighted by molar-refractivity contribution is -0.128. The van der Waals surface area contributed by atoms with Crippen LogP contribution in [-0.2, 0) is 4.79 Å². The molecule has 2 fully saturated rings. The van der Waals surface area contributed by atoms with Gasteiger partial charge in [0.15, 0.2) is 0 Å². The van der Waals surface area contributed by atoms with Crippen molar-refractivity contribution in [3.05, 3.63) is 24.3 Å². The van der Waals surface area contributed by atoms with Gasteiger partial charge < -0.3 is 21.3 Å². The van der Waals surface area contributed by atoms with Gasteiger partial charge in [-0.3, -0.25) is 9.69 Å². The third-order valence-corrected chi connectivity index (χ3v) is 6.27. The second-order valence-electron chi connectivity index (χ2n) is 8.18. The van der Waals surface area contributed by atoms with Crippen molar-refractivity contribution in [3.8, 4) is 0 Å². The van der Waals surface area contributed by atoms with Crippen molar-refractivity contribution < 1.29 is 4.79 Å². The maximum Gasteiger partial charge on any atom is 0.220 e. The van der Waals surface area contributed by atoms with Crippen LogP contribution in [0.4, 0.5) is 11.4 Å². The normalized spacial score (nSPS) is 22.2. The number of rotatable bonds is 2. The molecule has 2 aliphatic heterocycles. The largest absolute Gasteiger partial charge is 0.370 e. The molecular weight excluding hydrogens is 366 g/mol. The number of carbonyl (C=O) groups excluding carboxylic acids is 1. The zero-order chi connectivity index (χ0) is 20.4. The monoisotopic (exact) mass is 397 g/mol. The fraction of sp³-hybridized carbons (Fsp3) is 0.571. The highest BCUT2D eigenvalue weighted by atomic mass is 16.2. The summed E-state index contributed by atoms with van der Waals surface area (Å²) in [7, 11) is 0. The molecule has 1 saturated carbocycles. The molecular formula is C21H31N7O. The fourth-order valence-corrected chi connectivity index (χ4v) is 4.80. The highest BCUT2D eigenvalue weighted by Crippen LogP contribution is 2.39. The molecule has 4 N–H and O–H groups in total. The number of anilines is 2. The Kier molecular flexibility index (Phi) is 5.34. The third kappa shape index (κ3) is 3.88. The summed E-state index contributed by atoms with van der Waals surface area (Å²) in [6.45, 7) is 5.02. The quantitative estimate of drug-likeness (QED) is 0.793. The fourth-order valence-electron chi connectivity index (χ4n) is 4.80. The van der Waals surface area contributed by atoms with Crippen molar-refractivity contribution in [2.24, 2.45) is 21.5 Å². The van der Waals surface area contributed by atoms with Gasteiger partial charge in [-0.15, -0.1) is 0 Å². The standard InChI is InChI=1S/C21H31N7O/c1-16(29)26-12-5-13-27(15-14-26)17-6-8-18(9-7-17)28-20(23)24-19(22)25-21(28)10-3-2-4-11-21/h6-9H,2-5,10-15H2,1H3,(H4,22,23,24,25). The van der Waals surface area contributed by atoms with Gasteiger partial charge in [0.1, 0.15) is 5.66 Å². The van der Waals surface area contributed by atoms with Crippen LogP contribution < -0.4 is 21.3 Å². The molecule has 1 aromatic carbocycles. The number of hydrogen-bond acceptors (Lipinski definition) is 7. The summed E-state index contributed by atoms with van der Waals surface area (Å²) in [5.41, 5.74) is 14.0. The molecule has 1 aromatic rings. The summed E-state index contributed by atoms with van der Waals surface area (Å²) in [6.07, 6.45) is 6.27. The van der Waals surface area contributed by atoms with Gasteiger partial charge in [-0.2, -0.15) is 4.99 Å². The van der Waals surface area contributed by atoms with E-state index in [2.05, 4.69) is 39.1 Å². The first kappa shape index (κ1) is 19.5. The molecule has 8 nitrogen and oxygen atoms in total. The van der Waals surface area contributed by atoms with E-state index in [1.807, 2.05) is 4.90 Å². The number of benzene rings is 1. The minimum absolute atomic E-state index is 0.152. The first-order valence-electron chi connectivity index (χ1n) is 10.6. The summed E-state index contributed by atoms with van der Waals surface area (Å²) in [5.74, 6) is 0.843. The van der Waals surface area contributed by atoms with Crippen molar-refractivity contribution in [2.75, 3.05) is 36.0 Å². The van der Waals surface area contributed by atoms with Gasteiger partial charge in [0, 0.05) is 44.5 Å². The highest BCUT2D eigenvalue weighted by Gasteiger charge is 2.42. The molecule has 8 heteroatoms. The van der Waals surface area contributed by atoms with E-state index in [1.54, 1.807) is 6.92 Å². The summed E-state index contributed by atoms with van der Waals surface area (Å²) < 4.78 is 0. The number of aliphatic imine (C=N–C) groups is 2. The SMILES string of the molecule is CC(=O)N1CCCN(c2ccc(N3C(N)=NC(N)=NC34CCCCC4)cc2)CC1. The lowest BCUT2D eigenvalue weighted by atomic mass is 9.87. The molecule has 2 heterocycles. The minimum atomic E-state index is -0.416. The maximum absolute atomic E-state index is 11.7. The maximum atomic E-state index is 11.7. The summed E-state index contributed by atoms with van der Waals surface area (Å²) in [5, 5.41) is 0. The zero-order valence-corrected chi connectivity index (χ0v) is 17.2. The van der Waals surface area contributed by atoms with Crippen molar-refractivity contribution in [3.63, 3.8) is 0 Å². The second kappa shape index (κ2) is 7.93. The molecule has 4 rings (SSSR count). The first-order valence-corrected chi connectivity index (χ1v) is 10.6. The van der Waals surface area contributed by atoms with E-state index >= 15 is 0 Å². The van der Waals surface area contributed by atoms with E-state index in [9.17, 15) is 4.79 Å². The molecule has 1 aliphatic carbocycles. The van der Waals surface area contributed by atoms with Crippen molar-refractivity contribution in [2.45, 2.75) is 51.1 Å². The number of amides is 1. The average molecular weight is 398 g/mol. The Balaban J connectivity index is 1.55. The van der Waals surface area contributed by atoms with Gasteiger partial charge in [0.05, 0.1) is 0 Å². The Morgan fingerprint density at radius 3 is 2.31 bits per heavy atom. The van der Waals surface area contributed by atoms with E-state index in [4.69, 9.17) is 16.5 Å². The Morgan fingerprint density at radius 2 is 1.62 bits per heavy atom. The van der Waals surface area contributed by atoms with Crippen LogP contribution in [0.2, 0.25) is 0 Å². The molecule has 29 heavy (non-hydrogen) atoms. The van der Waals surface area contributed by atoms with Crippen LogP contribution in [0.1, 0.15) is 45.4 Å². The molecule has 1 saturated heterocycles. The topological polar surface area (TPSA) is 104 Å². The molecule has 156 valence electrons. The van der Waals surface area contributed by atoms with E-state index in [0.29, 0.717) is 5.96 Å². The van der Waals surface area contributed by atoms with Crippen LogP contribution in [0.25, 0.3) is 0 Å². The minimum Gasteiger partial charge on any atom is -0.370 e. The molecule has 0 aromatic heterocycles. The molecule has 0 radical (unpaired) electrons. The van der Waals surface area contributed by atoms with E-state index in [1.165, 1.54) is 6.42 Å². The summed E-state index contributed by atoms with van der Waals surface area (Å²) in [6, 6.07) is 8.45. The summed E-state index contributed by atoms with van der Waals surface area (Å²) in [4.78, 5) is 27.0. The predicted octanol–water partition coefficient (Wildman–Crippen LogP) is 1.86. The first-order chi connectivity index (χ1) is 14.0. The van der Waals surface area contributed by atoms with Crippen LogP contribution in [0, 0.1) is 0 Å². The number of nitrogens with zero attached hydrogens (tertiary/aromatic N) is 5. The highest BCUT2D eigenvalue weighted by molar-refractivity contribution is 6.05. The number of carbonyl (C=O) groups is 1. The van der Waals surface area contributed by atoms with Crippen LogP contribution in [0.5, 0.6) is 0 Å². The zero-order valence-electron chi connectivity index (χ0n) is 17.2. The van der Waals surface area contributed by atoms with Crippen molar-refractivity contribution >= 4 is 29.2 Å². The third-order valence-electron chi connectivity index (χ3n) is 6.27. The van der Waals surface area contributed by atoms with Crippen molar-refractivity contribution in [1.29, 1.82) is 0 Å². The Hall–Kier alpha value is -2.77. The molecule has 0 bridgehead atoms. The van der Waals surface area contributed by atoms with Gasteiger partial charge >= 0.3 is 0 Å². The molecule has 0 atom stereocenters. The molecule has 3 aliphatic rings. The molecule has 1 spiro atoms. The summed E-state index contributed by atoms with van der Waals surface area (Å²) >= 11 is 0. The number of nitrogens with two attached hydrogens (primary N) is 2. The second-order valence-corrected chi connectivity index (χ2v) is 8.18. The van der Waals surface area contributed by atoms with Crippen molar-refractivity contribution in [1.82, 2.24) is 4.90 Å². The Bertz CT molecular complexity index is 811. The lowest BCUT2D eigenvalue weighted by Gasteiger charge is -2.45. The average Bonchev–Trinajstić information content (AvgIpc) is 2.95. The van der Waals surface area contributed by atoms with Gasteiger partial charge in [-0.05, 0) is 56.4 Å². The van der Waals surface area contributed by atoms with Gasteiger partial charge in [0.2, 0.25) is 17.8 Å². The Labute approximate surface area is 172 Å². The molecule has 0 unspecified atom stereocenters. The van der Waals surface area contributed by atoms with E-state index in [-0.39, 0.29) is 11.9 Å². The predicted molar refractivity (Wildman–Crippen MR) is 117 cm³/mol. The van der Waals surface area contributed by atoms with Gasteiger partial charge in [-0.1, -0.05) is 6.42 Å². The van der Waals surface area contributed by atoms with Crippen LogP contribution >= 0.6 is 0 Å². The number of hydrogen-bond donors (Lipinski definition) is 2. The van der Waals surface area contributed by atoms with E-state index in [0.717, 1.165) is 69.7 Å². The molecule has 1 amide bonds. The lowest BCUT2D eigenvalue weighted by Crippen LogP contribution is -2.58. The Morgan fingerprint density at radius 1 is 0.931 bits per heavy atom. The van der Waals surface area contributed by atoms with Crippen LogP contribution in [-0.4, -0.2) is 54.6 Å². The van der Waals surface area contributed by atoms with Crippen LogP contribution in [0.15, 0.2) is 34.3 Å². The van der Waals surface area contributed by atoms with Gasteiger partial charge in [0.25, 0.3) is 0 Å². The smallest absolute Gasteiger partial charge is 0.220 e. The van der Waals surface area contributed by atoms with Gasteiger partial charge in [-0.25, -0.2) is 4.99 Å². The van der Waals surface area contributed by atoms with Crippen LogP contribution in [0.3, 0.4) is 0 Å². The number of guanidine groups is 2. The van der Waals surface area contributed by atoms with E-state index < -0.39 is 5.66 Å².